The lowest BCUT2D eigenvalue weighted by molar-refractivity contribution is -0.206. The highest BCUT2D eigenvalue weighted by Crippen LogP contribution is 2.23. The minimum atomic E-state index is -1.70. The summed E-state index contributed by atoms with van der Waals surface area (Å²) in [6, 6.07) is 14.8. The van der Waals surface area contributed by atoms with Crippen molar-refractivity contribution in [2.45, 2.75) is 56.9 Å². The Morgan fingerprint density at radius 3 is 2.40 bits per heavy atom. The van der Waals surface area contributed by atoms with Gasteiger partial charge >= 0.3 is 0 Å². The Bertz CT molecular complexity index is 1280. The van der Waals surface area contributed by atoms with Gasteiger partial charge in [-0.05, 0) is 61.7 Å². The third-order valence-corrected chi connectivity index (χ3v) is 8.31. The van der Waals surface area contributed by atoms with Crippen LogP contribution < -0.4 is 9.01 Å². The van der Waals surface area contributed by atoms with Crippen molar-refractivity contribution < 1.29 is 33.4 Å². The SMILES string of the molecule is CN(C(=O)c1ccc(C#Cc2ccc(CN3CC(OCCF)C3)cc2)cc1)C(C)(C(=O)NOC1CCCCO1)C(O)NI. The zero-order valence-electron chi connectivity index (χ0n) is 24.4. The molecule has 232 valence electrons. The van der Waals surface area contributed by atoms with Crippen LogP contribution in [0.5, 0.6) is 0 Å². The molecule has 0 radical (unpaired) electrons. The van der Waals surface area contributed by atoms with Crippen molar-refractivity contribution in [3.8, 4) is 11.8 Å². The first-order valence-corrected chi connectivity index (χ1v) is 15.3. The van der Waals surface area contributed by atoms with E-state index in [1.807, 2.05) is 24.3 Å². The van der Waals surface area contributed by atoms with Gasteiger partial charge in [-0.25, -0.2) is 18.2 Å². The van der Waals surface area contributed by atoms with Crippen LogP contribution in [-0.4, -0.2) is 90.9 Å². The largest absolute Gasteiger partial charge is 0.375 e. The molecule has 43 heavy (non-hydrogen) atoms. The van der Waals surface area contributed by atoms with Crippen LogP contribution in [0.3, 0.4) is 0 Å². The zero-order chi connectivity index (χ0) is 30.8. The third kappa shape index (κ3) is 8.72. The molecule has 2 aromatic carbocycles. The van der Waals surface area contributed by atoms with Crippen LogP contribution in [0.25, 0.3) is 0 Å². The summed E-state index contributed by atoms with van der Waals surface area (Å²) in [5, 5.41) is 10.7. The van der Waals surface area contributed by atoms with Gasteiger partial charge in [-0.2, -0.15) is 0 Å². The molecule has 0 aromatic heterocycles. The van der Waals surface area contributed by atoms with Crippen molar-refractivity contribution >= 4 is 34.7 Å². The van der Waals surface area contributed by atoms with Crippen LogP contribution in [0.4, 0.5) is 4.39 Å². The summed E-state index contributed by atoms with van der Waals surface area (Å²) in [6.07, 6.45) is 0.638. The van der Waals surface area contributed by atoms with Crippen molar-refractivity contribution in [2.24, 2.45) is 0 Å². The molecule has 2 aliphatic rings. The van der Waals surface area contributed by atoms with Crippen molar-refractivity contribution in [2.75, 3.05) is 40.0 Å². The second-order valence-corrected chi connectivity index (χ2v) is 11.4. The fraction of sp³-hybridized carbons (Fsp3) is 0.484. The first kappa shape index (κ1) is 33.3. The van der Waals surface area contributed by atoms with E-state index in [0.717, 1.165) is 43.6 Å². The zero-order valence-corrected chi connectivity index (χ0v) is 26.5. The molecule has 0 spiro atoms. The van der Waals surface area contributed by atoms with E-state index >= 15 is 0 Å². The first-order valence-electron chi connectivity index (χ1n) is 14.3. The fourth-order valence-corrected chi connectivity index (χ4v) is 5.36. The lowest BCUT2D eigenvalue weighted by Gasteiger charge is -2.40. The van der Waals surface area contributed by atoms with Crippen LogP contribution in [0.2, 0.25) is 0 Å². The number of alkyl halides is 1. The van der Waals surface area contributed by atoms with Gasteiger partial charge in [0.15, 0.2) is 11.8 Å². The van der Waals surface area contributed by atoms with Crippen LogP contribution >= 0.6 is 22.9 Å². The lowest BCUT2D eigenvalue weighted by Crippen LogP contribution is -2.66. The number of aliphatic hydroxyl groups excluding tert-OH is 1. The van der Waals surface area contributed by atoms with Crippen molar-refractivity contribution in [3.05, 3.63) is 70.8 Å². The number of rotatable bonds is 12. The predicted molar refractivity (Wildman–Crippen MR) is 166 cm³/mol. The van der Waals surface area contributed by atoms with Gasteiger partial charge in [-0.1, -0.05) is 24.0 Å². The summed E-state index contributed by atoms with van der Waals surface area (Å²) in [5.74, 6) is 5.09. The molecule has 4 rings (SSSR count). The molecule has 10 nitrogen and oxygen atoms in total. The van der Waals surface area contributed by atoms with E-state index in [1.165, 1.54) is 24.4 Å². The maximum absolute atomic E-state index is 13.4. The maximum Gasteiger partial charge on any atom is 0.273 e. The Labute approximate surface area is 265 Å². The van der Waals surface area contributed by atoms with E-state index in [0.29, 0.717) is 18.6 Å². The number of nitrogens with one attached hydrogen (secondary N) is 2. The number of nitrogens with zero attached hydrogens (tertiary/aromatic N) is 2. The van der Waals surface area contributed by atoms with E-state index in [9.17, 15) is 19.1 Å². The monoisotopic (exact) mass is 708 g/mol. The smallest absolute Gasteiger partial charge is 0.273 e. The Balaban J connectivity index is 1.34. The average molecular weight is 709 g/mol. The first-order chi connectivity index (χ1) is 20.7. The molecule has 3 atom stereocenters. The molecule has 2 fully saturated rings. The van der Waals surface area contributed by atoms with Gasteiger partial charge in [0, 0.05) is 79.3 Å². The quantitative estimate of drug-likeness (QED) is 0.102. The number of hydroxylamine groups is 1. The van der Waals surface area contributed by atoms with Gasteiger partial charge in [0.1, 0.15) is 12.9 Å². The van der Waals surface area contributed by atoms with E-state index in [2.05, 4.69) is 25.8 Å². The van der Waals surface area contributed by atoms with Crippen LogP contribution in [-0.2, 0) is 25.7 Å². The number of carbonyl (C=O) groups excluding carboxylic acids is 2. The summed E-state index contributed by atoms with van der Waals surface area (Å²) in [6.45, 7) is 4.13. The molecule has 3 unspecified atom stereocenters. The van der Waals surface area contributed by atoms with Gasteiger partial charge in [-0.15, -0.1) is 0 Å². The third-order valence-electron chi connectivity index (χ3n) is 7.72. The maximum atomic E-state index is 13.4. The van der Waals surface area contributed by atoms with E-state index in [1.54, 1.807) is 47.1 Å². The lowest BCUT2D eigenvalue weighted by atomic mass is 9.96. The molecule has 3 N–H and O–H groups in total. The average Bonchev–Trinajstić information content (AvgIpc) is 3.03. The molecule has 12 heteroatoms. The number of halogens is 2. The Morgan fingerprint density at radius 1 is 1.16 bits per heavy atom. The van der Waals surface area contributed by atoms with Crippen LogP contribution in [0.15, 0.2) is 48.5 Å². The number of hydrogen-bond donors (Lipinski definition) is 3. The summed E-state index contributed by atoms with van der Waals surface area (Å²) in [4.78, 5) is 35.4. The second kappa shape index (κ2) is 15.9. The topological polar surface area (TPSA) is 113 Å². The summed E-state index contributed by atoms with van der Waals surface area (Å²) >= 11 is 1.73. The molecule has 2 amide bonds. The van der Waals surface area contributed by atoms with E-state index in [-0.39, 0.29) is 12.7 Å². The molecule has 0 saturated carbocycles. The fourth-order valence-electron chi connectivity index (χ4n) is 4.76. The molecule has 2 aliphatic heterocycles. The number of aliphatic hydroxyl groups is 1. The van der Waals surface area contributed by atoms with Gasteiger partial charge < -0.3 is 19.5 Å². The summed E-state index contributed by atoms with van der Waals surface area (Å²) in [7, 11) is 1.45. The number of carbonyl (C=O) groups is 2. The predicted octanol–water partition coefficient (Wildman–Crippen LogP) is 2.92. The number of ether oxygens (including phenoxy) is 2. The van der Waals surface area contributed by atoms with E-state index in [4.69, 9.17) is 14.3 Å². The minimum Gasteiger partial charge on any atom is -0.375 e. The van der Waals surface area contributed by atoms with Gasteiger partial charge in [0.05, 0.1) is 12.7 Å². The van der Waals surface area contributed by atoms with Crippen molar-refractivity contribution in [1.29, 1.82) is 0 Å². The Hall–Kier alpha value is -2.64. The molecule has 2 saturated heterocycles. The normalized spacial score (nSPS) is 19.3. The van der Waals surface area contributed by atoms with Crippen LogP contribution in [0.1, 0.15) is 53.2 Å². The molecule has 0 aliphatic carbocycles. The highest BCUT2D eigenvalue weighted by Gasteiger charge is 2.47. The second-order valence-electron chi connectivity index (χ2n) is 10.8. The molecule has 0 bridgehead atoms. The number of likely N-dealkylation sites (tertiary alicyclic amines) is 1. The highest BCUT2D eigenvalue weighted by atomic mass is 127. The van der Waals surface area contributed by atoms with Crippen LogP contribution in [0, 0.1) is 11.8 Å². The van der Waals surface area contributed by atoms with Crippen molar-refractivity contribution in [1.82, 2.24) is 18.8 Å². The van der Waals surface area contributed by atoms with Gasteiger partial charge in [0.2, 0.25) is 0 Å². The number of hydrogen-bond acceptors (Lipinski definition) is 8. The number of benzene rings is 2. The Kier molecular flexibility index (Phi) is 12.3. The molecular formula is C31H38FIN4O6. The van der Waals surface area contributed by atoms with Gasteiger partial charge in [-0.3, -0.25) is 14.5 Å². The Morgan fingerprint density at radius 2 is 1.81 bits per heavy atom. The molecular weight excluding hydrogens is 670 g/mol. The number of likely N-dealkylation sites (N-methyl/N-ethyl adjacent to an activating group) is 1. The highest BCUT2D eigenvalue weighted by molar-refractivity contribution is 14.1. The van der Waals surface area contributed by atoms with Crippen molar-refractivity contribution in [3.63, 3.8) is 0 Å². The molecule has 2 heterocycles. The van der Waals surface area contributed by atoms with Gasteiger partial charge in [0.25, 0.3) is 11.8 Å². The summed E-state index contributed by atoms with van der Waals surface area (Å²) < 4.78 is 25.7. The van der Waals surface area contributed by atoms with E-state index < -0.39 is 36.5 Å². The summed E-state index contributed by atoms with van der Waals surface area (Å²) in [5.41, 5.74) is 3.75. The standard InChI is InChI=1S/C31H38FIN4O6/c1-31(29(39)34-33,30(40)35-43-27-5-3-4-17-42-27)36(2)28(38)25-14-12-23(13-15-25)7-6-22-8-10-24(11-9-22)19-37-20-26(21-37)41-18-16-32/h8-15,26-27,29,34,39H,3-5,16-21H2,1-2H3,(H,35,40). The molecule has 2 aromatic rings. The minimum absolute atomic E-state index is 0.118. The number of amides is 2.